The van der Waals surface area contributed by atoms with Gasteiger partial charge in [-0.15, -0.1) is 0 Å². The molecule has 0 amide bonds. The summed E-state index contributed by atoms with van der Waals surface area (Å²) in [6, 6.07) is 17.4. The number of unbranched alkanes of at least 4 members (excludes halogenated alkanes) is 4. The summed E-state index contributed by atoms with van der Waals surface area (Å²) in [5.74, 6) is 2.03. The topological polar surface area (TPSA) is 12.5 Å². The van der Waals surface area contributed by atoms with Gasteiger partial charge in [0.25, 0.3) is 0 Å². The van der Waals surface area contributed by atoms with Crippen LogP contribution in [0.1, 0.15) is 69.5 Å². The maximum atomic E-state index is 6.18. The van der Waals surface area contributed by atoms with Crippen LogP contribution in [0, 0.1) is 0 Å². The number of ether oxygens (including phenoxy) is 1. The highest BCUT2D eigenvalue weighted by molar-refractivity contribution is 5.52. The van der Waals surface area contributed by atoms with E-state index >= 15 is 0 Å². The zero-order chi connectivity index (χ0) is 17.5. The van der Waals surface area contributed by atoms with E-state index in [4.69, 9.17) is 4.74 Å². The first kappa shape index (κ1) is 18.0. The molecule has 0 spiro atoms. The van der Waals surface area contributed by atoms with E-state index < -0.39 is 0 Å². The van der Waals surface area contributed by atoms with Gasteiger partial charge in [-0.05, 0) is 38.1 Å². The minimum atomic E-state index is 0.315. The molecule has 0 atom stereocenters. The lowest BCUT2D eigenvalue weighted by atomic mass is 9.92. The van der Waals surface area contributed by atoms with Crippen molar-refractivity contribution in [1.29, 1.82) is 0 Å². The van der Waals surface area contributed by atoms with Crippen molar-refractivity contribution in [2.75, 3.05) is 13.1 Å². The zero-order valence-electron chi connectivity index (χ0n) is 15.7. The van der Waals surface area contributed by atoms with Crippen LogP contribution in [0.15, 0.2) is 48.5 Å². The Hall–Kier alpha value is -1.80. The van der Waals surface area contributed by atoms with Crippen molar-refractivity contribution in [2.24, 2.45) is 0 Å². The van der Waals surface area contributed by atoms with Crippen molar-refractivity contribution in [3.05, 3.63) is 59.7 Å². The molecule has 0 saturated heterocycles. The van der Waals surface area contributed by atoms with Crippen LogP contribution in [0.5, 0.6) is 11.5 Å². The Morgan fingerprint density at radius 1 is 0.720 bits per heavy atom. The average Bonchev–Trinajstić information content (AvgIpc) is 2.65. The van der Waals surface area contributed by atoms with Crippen LogP contribution in [0.2, 0.25) is 0 Å². The largest absolute Gasteiger partial charge is 0.457 e. The van der Waals surface area contributed by atoms with Crippen molar-refractivity contribution in [3.63, 3.8) is 0 Å². The highest BCUT2D eigenvalue weighted by Crippen LogP contribution is 2.45. The van der Waals surface area contributed by atoms with Crippen molar-refractivity contribution < 1.29 is 4.74 Å². The molecule has 0 bridgehead atoms. The van der Waals surface area contributed by atoms with Crippen LogP contribution in [-0.2, 0) is 0 Å². The van der Waals surface area contributed by atoms with Crippen LogP contribution < -0.4 is 4.74 Å². The smallest absolute Gasteiger partial charge is 0.132 e. The van der Waals surface area contributed by atoms with Crippen molar-refractivity contribution in [1.82, 2.24) is 4.90 Å². The number of fused-ring (bicyclic) bond motifs is 2. The molecular formula is C23H31NO. The number of hydrogen-bond acceptors (Lipinski definition) is 2. The van der Waals surface area contributed by atoms with Crippen LogP contribution >= 0.6 is 0 Å². The summed E-state index contributed by atoms with van der Waals surface area (Å²) in [7, 11) is 0. The van der Waals surface area contributed by atoms with Crippen LogP contribution in [0.3, 0.4) is 0 Å². The van der Waals surface area contributed by atoms with Gasteiger partial charge in [-0.1, -0.05) is 75.9 Å². The fraction of sp³-hybridized carbons (Fsp3) is 0.478. The highest BCUT2D eigenvalue weighted by atomic mass is 16.5. The summed E-state index contributed by atoms with van der Waals surface area (Å²) < 4.78 is 6.18. The second-order valence-electron chi connectivity index (χ2n) is 7.03. The van der Waals surface area contributed by atoms with Gasteiger partial charge in [0.15, 0.2) is 0 Å². The summed E-state index contributed by atoms with van der Waals surface area (Å²) in [6.07, 6.45) is 7.68. The van der Waals surface area contributed by atoms with Gasteiger partial charge < -0.3 is 4.74 Å². The quantitative estimate of drug-likeness (QED) is 0.480. The molecule has 0 aromatic heterocycles. The van der Waals surface area contributed by atoms with E-state index in [1.165, 1.54) is 49.7 Å². The summed E-state index contributed by atoms with van der Waals surface area (Å²) in [4.78, 5) is 2.69. The molecule has 0 unspecified atom stereocenters. The second-order valence-corrected chi connectivity index (χ2v) is 7.03. The zero-order valence-corrected chi connectivity index (χ0v) is 15.7. The third-order valence-electron chi connectivity index (χ3n) is 5.11. The van der Waals surface area contributed by atoms with Crippen LogP contribution in [0.25, 0.3) is 0 Å². The normalized spacial score (nSPS) is 13.4. The molecule has 25 heavy (non-hydrogen) atoms. The fourth-order valence-corrected chi connectivity index (χ4v) is 3.78. The molecule has 134 valence electrons. The molecule has 2 aromatic carbocycles. The maximum absolute atomic E-state index is 6.18. The number of para-hydroxylation sites is 2. The Morgan fingerprint density at radius 2 is 1.20 bits per heavy atom. The summed E-state index contributed by atoms with van der Waals surface area (Å²) in [5.41, 5.74) is 2.63. The maximum Gasteiger partial charge on any atom is 0.132 e. The van der Waals surface area contributed by atoms with E-state index in [0.29, 0.717) is 6.04 Å². The monoisotopic (exact) mass is 337 g/mol. The van der Waals surface area contributed by atoms with E-state index in [1.54, 1.807) is 0 Å². The van der Waals surface area contributed by atoms with E-state index in [1.807, 2.05) is 0 Å². The molecule has 2 heteroatoms. The average molecular weight is 338 g/mol. The molecule has 3 rings (SSSR count). The first-order valence-corrected chi connectivity index (χ1v) is 9.95. The SMILES string of the molecule is CCCCCN(CCCCC)C1c2ccccc2Oc2ccccc21. The first-order chi connectivity index (χ1) is 12.3. The number of benzene rings is 2. The molecule has 0 fully saturated rings. The van der Waals surface area contributed by atoms with E-state index in [-0.39, 0.29) is 0 Å². The Balaban J connectivity index is 1.92. The third-order valence-corrected chi connectivity index (χ3v) is 5.11. The predicted molar refractivity (Wildman–Crippen MR) is 105 cm³/mol. The molecule has 1 heterocycles. The van der Waals surface area contributed by atoms with Gasteiger partial charge >= 0.3 is 0 Å². The lowest BCUT2D eigenvalue weighted by Gasteiger charge is -2.37. The van der Waals surface area contributed by atoms with E-state index in [9.17, 15) is 0 Å². The molecule has 0 radical (unpaired) electrons. The molecule has 2 aromatic rings. The molecule has 0 aliphatic carbocycles. The van der Waals surface area contributed by atoms with Crippen molar-refractivity contribution in [2.45, 2.75) is 58.4 Å². The lowest BCUT2D eigenvalue weighted by molar-refractivity contribution is 0.204. The molecule has 1 aliphatic rings. The summed E-state index contributed by atoms with van der Waals surface area (Å²) >= 11 is 0. The number of nitrogens with zero attached hydrogens (tertiary/aromatic N) is 1. The van der Waals surface area contributed by atoms with Gasteiger partial charge in [-0.2, -0.15) is 0 Å². The molecule has 2 nitrogen and oxygen atoms in total. The standard InChI is InChI=1S/C23H31NO/c1-3-5-11-17-24(18-12-6-4-2)23-19-13-7-9-15-21(19)25-22-16-10-8-14-20(22)23/h7-10,13-16,23H,3-6,11-12,17-18H2,1-2H3. The van der Waals surface area contributed by atoms with Gasteiger partial charge in [0.1, 0.15) is 11.5 Å². The van der Waals surface area contributed by atoms with Gasteiger partial charge in [0.05, 0.1) is 6.04 Å². The van der Waals surface area contributed by atoms with Gasteiger partial charge in [0, 0.05) is 11.1 Å². The van der Waals surface area contributed by atoms with Gasteiger partial charge in [-0.25, -0.2) is 0 Å². The minimum absolute atomic E-state index is 0.315. The third kappa shape index (κ3) is 4.24. The van der Waals surface area contributed by atoms with Crippen LogP contribution in [0.4, 0.5) is 0 Å². The van der Waals surface area contributed by atoms with E-state index in [2.05, 4.69) is 67.3 Å². The predicted octanol–water partition coefficient (Wildman–Crippen LogP) is 6.56. The number of rotatable bonds is 9. The summed E-state index contributed by atoms with van der Waals surface area (Å²) in [6.45, 7) is 6.87. The van der Waals surface area contributed by atoms with Crippen molar-refractivity contribution >= 4 is 0 Å². The Bertz CT molecular complexity index is 611. The molecule has 0 N–H and O–H groups in total. The fourth-order valence-electron chi connectivity index (χ4n) is 3.78. The summed E-state index contributed by atoms with van der Waals surface area (Å²) in [5, 5.41) is 0. The second kappa shape index (κ2) is 9.05. The van der Waals surface area contributed by atoms with Gasteiger partial charge in [0.2, 0.25) is 0 Å². The number of hydrogen-bond donors (Lipinski definition) is 0. The van der Waals surface area contributed by atoms with Crippen LogP contribution in [-0.4, -0.2) is 18.0 Å². The molecular weight excluding hydrogens is 306 g/mol. The lowest BCUT2D eigenvalue weighted by Crippen LogP contribution is -2.33. The van der Waals surface area contributed by atoms with Gasteiger partial charge in [-0.3, -0.25) is 4.90 Å². The molecule has 1 aliphatic heterocycles. The Labute approximate surface area is 152 Å². The molecule has 0 saturated carbocycles. The highest BCUT2D eigenvalue weighted by Gasteiger charge is 2.30. The Morgan fingerprint density at radius 3 is 1.68 bits per heavy atom. The van der Waals surface area contributed by atoms with E-state index in [0.717, 1.165) is 24.6 Å². The minimum Gasteiger partial charge on any atom is -0.457 e. The first-order valence-electron chi connectivity index (χ1n) is 9.95. The van der Waals surface area contributed by atoms with Crippen molar-refractivity contribution in [3.8, 4) is 11.5 Å². The Kier molecular flexibility index (Phi) is 6.52.